The molecule has 0 bridgehead atoms. The van der Waals surface area contributed by atoms with Crippen LogP contribution in [0.15, 0.2) is 48.5 Å². The van der Waals surface area contributed by atoms with E-state index in [0.29, 0.717) is 24.6 Å². The van der Waals surface area contributed by atoms with Gasteiger partial charge in [-0.2, -0.15) is 0 Å². The Kier molecular flexibility index (Phi) is 6.51. The molecular formula is C19H22N2O4. The molecule has 0 aliphatic heterocycles. The highest BCUT2D eigenvalue weighted by Gasteiger charge is 2.15. The summed E-state index contributed by atoms with van der Waals surface area (Å²) >= 11 is 0. The Morgan fingerprint density at radius 1 is 1.16 bits per heavy atom. The van der Waals surface area contributed by atoms with Crippen LogP contribution in [0.5, 0.6) is 5.75 Å². The third kappa shape index (κ3) is 5.31. The molecule has 1 N–H and O–H groups in total. The maximum atomic E-state index is 12.0. The Morgan fingerprint density at radius 3 is 2.56 bits per heavy atom. The molecule has 0 aliphatic carbocycles. The Labute approximate surface area is 147 Å². The number of hydrogen-bond donors (Lipinski definition) is 1. The van der Waals surface area contributed by atoms with Crippen molar-refractivity contribution in [1.29, 1.82) is 0 Å². The van der Waals surface area contributed by atoms with Gasteiger partial charge in [0, 0.05) is 11.6 Å². The van der Waals surface area contributed by atoms with Crippen LogP contribution >= 0.6 is 0 Å². The lowest BCUT2D eigenvalue weighted by Gasteiger charge is -2.14. The van der Waals surface area contributed by atoms with Crippen molar-refractivity contribution in [3.05, 3.63) is 69.8 Å². The van der Waals surface area contributed by atoms with Crippen molar-refractivity contribution < 1.29 is 14.5 Å². The van der Waals surface area contributed by atoms with Gasteiger partial charge >= 0.3 is 0 Å². The molecule has 25 heavy (non-hydrogen) atoms. The quantitative estimate of drug-likeness (QED) is 0.452. The third-order valence-electron chi connectivity index (χ3n) is 3.76. The molecule has 0 fully saturated rings. The number of amides is 1. The highest BCUT2D eigenvalue weighted by molar-refractivity contribution is 5.79. The maximum Gasteiger partial charge on any atom is 0.273 e. The molecule has 6 nitrogen and oxygen atoms in total. The first-order valence-electron chi connectivity index (χ1n) is 8.19. The average Bonchev–Trinajstić information content (AvgIpc) is 2.59. The molecule has 0 saturated carbocycles. The zero-order valence-corrected chi connectivity index (χ0v) is 14.4. The van der Waals surface area contributed by atoms with Crippen molar-refractivity contribution in [3.8, 4) is 5.75 Å². The number of carbonyl (C=O) groups excluding carboxylic acids is 1. The van der Waals surface area contributed by atoms with E-state index in [4.69, 9.17) is 4.74 Å². The first-order valence-corrected chi connectivity index (χ1v) is 8.19. The molecule has 2 aromatic carbocycles. The summed E-state index contributed by atoms with van der Waals surface area (Å²) in [6, 6.07) is 14.1. The van der Waals surface area contributed by atoms with Crippen LogP contribution in [0.25, 0.3) is 0 Å². The predicted octanol–water partition coefficient (Wildman–Crippen LogP) is 3.46. The smallest absolute Gasteiger partial charge is 0.273 e. The van der Waals surface area contributed by atoms with Crippen LogP contribution in [0, 0.1) is 10.1 Å². The second kappa shape index (κ2) is 8.82. The van der Waals surface area contributed by atoms with Gasteiger partial charge < -0.3 is 10.1 Å². The highest BCUT2D eigenvalue weighted by atomic mass is 16.6. The fourth-order valence-electron chi connectivity index (χ4n) is 2.51. The molecule has 0 aromatic heterocycles. The minimum absolute atomic E-state index is 0.0280. The number of carbonyl (C=O) groups is 1. The molecule has 2 aromatic rings. The summed E-state index contributed by atoms with van der Waals surface area (Å²) in [5.41, 5.74) is 1.48. The molecule has 0 aliphatic rings. The number of benzene rings is 2. The normalized spacial score (nSPS) is 10.5. The van der Waals surface area contributed by atoms with Crippen LogP contribution in [0.2, 0.25) is 0 Å². The van der Waals surface area contributed by atoms with Gasteiger partial charge in [0.1, 0.15) is 12.4 Å². The predicted molar refractivity (Wildman–Crippen MR) is 95.8 cm³/mol. The van der Waals surface area contributed by atoms with Crippen LogP contribution in [0.4, 0.5) is 5.69 Å². The minimum atomic E-state index is -0.478. The lowest BCUT2D eigenvalue weighted by molar-refractivity contribution is -0.385. The molecule has 0 unspecified atom stereocenters. The number of nitrogens with one attached hydrogen (secondary N) is 1. The number of nitro benzene ring substituents is 1. The fraction of sp³-hybridized carbons (Fsp3) is 0.316. The van der Waals surface area contributed by atoms with E-state index >= 15 is 0 Å². The zero-order valence-electron chi connectivity index (χ0n) is 14.4. The topological polar surface area (TPSA) is 81.5 Å². The molecule has 6 heteroatoms. The summed E-state index contributed by atoms with van der Waals surface area (Å²) in [5.74, 6) is 0.893. The molecule has 0 atom stereocenters. The molecule has 0 saturated heterocycles. The molecule has 0 spiro atoms. The SMILES string of the molecule is CC(C)c1ccccc1OCCNC(=O)Cc1ccccc1[N+](=O)[O-]. The first kappa shape index (κ1) is 18.4. The van der Waals surface area contributed by atoms with Gasteiger partial charge in [0.2, 0.25) is 5.91 Å². The second-order valence-electron chi connectivity index (χ2n) is 5.95. The summed E-state index contributed by atoms with van der Waals surface area (Å²) in [4.78, 5) is 22.5. The van der Waals surface area contributed by atoms with E-state index in [1.54, 1.807) is 18.2 Å². The first-order chi connectivity index (χ1) is 12.0. The monoisotopic (exact) mass is 342 g/mol. The van der Waals surface area contributed by atoms with E-state index < -0.39 is 4.92 Å². The molecular weight excluding hydrogens is 320 g/mol. The van der Waals surface area contributed by atoms with Crippen molar-refractivity contribution in [3.63, 3.8) is 0 Å². The van der Waals surface area contributed by atoms with Gasteiger partial charge in [-0.1, -0.05) is 50.2 Å². The Morgan fingerprint density at radius 2 is 1.84 bits per heavy atom. The van der Waals surface area contributed by atoms with Crippen molar-refractivity contribution >= 4 is 11.6 Å². The molecule has 2 rings (SSSR count). The lowest BCUT2D eigenvalue weighted by atomic mass is 10.0. The number of rotatable bonds is 8. The standard InChI is InChI=1S/C19H22N2O4/c1-14(2)16-8-4-6-10-18(16)25-12-11-20-19(22)13-15-7-3-5-9-17(15)21(23)24/h3-10,14H,11-13H2,1-2H3,(H,20,22). The Bertz CT molecular complexity index is 744. The minimum Gasteiger partial charge on any atom is -0.491 e. The van der Waals surface area contributed by atoms with Crippen molar-refractivity contribution in [2.24, 2.45) is 0 Å². The largest absolute Gasteiger partial charge is 0.491 e. The van der Waals surface area contributed by atoms with Gasteiger partial charge in [-0.05, 0) is 17.5 Å². The van der Waals surface area contributed by atoms with E-state index in [-0.39, 0.29) is 18.0 Å². The summed E-state index contributed by atoms with van der Waals surface area (Å²) in [6.45, 7) is 4.87. The van der Waals surface area contributed by atoms with Crippen LogP contribution in [0.3, 0.4) is 0 Å². The van der Waals surface area contributed by atoms with Crippen molar-refractivity contribution in [2.45, 2.75) is 26.2 Å². The van der Waals surface area contributed by atoms with E-state index in [1.165, 1.54) is 6.07 Å². The second-order valence-corrected chi connectivity index (χ2v) is 5.95. The maximum absolute atomic E-state index is 12.0. The average molecular weight is 342 g/mol. The van der Waals surface area contributed by atoms with E-state index in [2.05, 4.69) is 19.2 Å². The Hall–Kier alpha value is -2.89. The number of para-hydroxylation sites is 2. The van der Waals surface area contributed by atoms with E-state index in [0.717, 1.165) is 11.3 Å². The van der Waals surface area contributed by atoms with Crippen LogP contribution < -0.4 is 10.1 Å². The molecule has 0 heterocycles. The van der Waals surface area contributed by atoms with Gasteiger partial charge in [0.25, 0.3) is 5.69 Å². The number of nitrogens with zero attached hydrogens (tertiary/aromatic N) is 1. The summed E-state index contributed by atoms with van der Waals surface area (Å²) in [6.07, 6.45) is -0.0280. The van der Waals surface area contributed by atoms with Crippen LogP contribution in [-0.2, 0) is 11.2 Å². The van der Waals surface area contributed by atoms with E-state index in [1.807, 2.05) is 24.3 Å². The fourth-order valence-corrected chi connectivity index (χ4v) is 2.51. The van der Waals surface area contributed by atoms with Crippen LogP contribution in [-0.4, -0.2) is 24.0 Å². The summed E-state index contributed by atoms with van der Waals surface area (Å²) < 4.78 is 5.74. The number of nitro groups is 1. The van der Waals surface area contributed by atoms with Gasteiger partial charge in [0.15, 0.2) is 0 Å². The van der Waals surface area contributed by atoms with Crippen molar-refractivity contribution in [1.82, 2.24) is 5.32 Å². The van der Waals surface area contributed by atoms with Gasteiger partial charge in [-0.15, -0.1) is 0 Å². The molecule has 132 valence electrons. The van der Waals surface area contributed by atoms with E-state index in [9.17, 15) is 14.9 Å². The third-order valence-corrected chi connectivity index (χ3v) is 3.76. The Balaban J connectivity index is 1.83. The molecule has 1 amide bonds. The summed E-state index contributed by atoms with van der Waals surface area (Å²) in [7, 11) is 0. The van der Waals surface area contributed by atoms with Gasteiger partial charge in [-0.3, -0.25) is 14.9 Å². The zero-order chi connectivity index (χ0) is 18.2. The van der Waals surface area contributed by atoms with Crippen molar-refractivity contribution in [2.75, 3.05) is 13.2 Å². The lowest BCUT2D eigenvalue weighted by Crippen LogP contribution is -2.29. The highest BCUT2D eigenvalue weighted by Crippen LogP contribution is 2.25. The molecule has 0 radical (unpaired) electrons. The van der Waals surface area contributed by atoms with Gasteiger partial charge in [0.05, 0.1) is 17.9 Å². The number of ether oxygens (including phenoxy) is 1. The van der Waals surface area contributed by atoms with Crippen LogP contribution in [0.1, 0.15) is 30.9 Å². The number of hydrogen-bond acceptors (Lipinski definition) is 4. The summed E-state index contributed by atoms with van der Waals surface area (Å²) in [5, 5.41) is 13.7. The van der Waals surface area contributed by atoms with Gasteiger partial charge in [-0.25, -0.2) is 0 Å².